The molecule has 4 rings (SSSR count). The molecule has 0 heterocycles. The van der Waals surface area contributed by atoms with Gasteiger partial charge in [0.15, 0.2) is 9.84 Å². The highest BCUT2D eigenvalue weighted by atomic mass is 32.2. The van der Waals surface area contributed by atoms with Crippen LogP contribution in [0, 0.1) is 11.8 Å². The minimum Gasteiger partial charge on any atom is -0.224 e. The quantitative estimate of drug-likeness (QED) is 0.564. The molecular formula is C24H33NO4S2. The van der Waals surface area contributed by atoms with Crippen molar-refractivity contribution in [2.24, 2.45) is 11.8 Å². The van der Waals surface area contributed by atoms with Crippen molar-refractivity contribution in [3.8, 4) is 0 Å². The Kier molecular flexibility index (Phi) is 7.04. The fourth-order valence-corrected chi connectivity index (χ4v) is 8.19. The molecule has 2 aliphatic carbocycles. The topological polar surface area (TPSA) is 80.3 Å². The van der Waals surface area contributed by atoms with Crippen LogP contribution < -0.4 is 4.72 Å². The highest BCUT2D eigenvalue weighted by Gasteiger charge is 2.24. The Balaban J connectivity index is 1.56. The first-order valence-electron chi connectivity index (χ1n) is 11.6. The molecule has 31 heavy (non-hydrogen) atoms. The van der Waals surface area contributed by atoms with Crippen LogP contribution in [0.25, 0.3) is 10.8 Å². The average molecular weight is 464 g/mol. The van der Waals surface area contributed by atoms with Crippen LogP contribution >= 0.6 is 0 Å². The Morgan fingerprint density at radius 3 is 1.84 bits per heavy atom. The van der Waals surface area contributed by atoms with Gasteiger partial charge in [0.25, 0.3) is 0 Å². The molecule has 0 spiro atoms. The zero-order valence-corrected chi connectivity index (χ0v) is 19.7. The first-order valence-corrected chi connectivity index (χ1v) is 14.7. The van der Waals surface area contributed by atoms with Crippen LogP contribution in [0.15, 0.2) is 46.2 Å². The monoisotopic (exact) mass is 463 g/mol. The number of nitrogens with one attached hydrogen (secondary N) is 1. The molecule has 2 aromatic rings. The van der Waals surface area contributed by atoms with Gasteiger partial charge in [0.05, 0.1) is 15.5 Å². The summed E-state index contributed by atoms with van der Waals surface area (Å²) in [4.78, 5) is 0.398. The van der Waals surface area contributed by atoms with Gasteiger partial charge in [-0.1, -0.05) is 75.6 Å². The standard InChI is InChI=1S/C24H33NO4S2/c26-30(27,18-16-20-9-3-4-10-20)23-13-5-12-22-21(23)11-6-14-24(22)31(28,29)25-17-15-19-7-1-2-8-19/h5-6,11-14,19-20,25H,1-4,7-10,15-18H2. The van der Waals surface area contributed by atoms with E-state index in [4.69, 9.17) is 0 Å². The molecule has 7 heteroatoms. The maximum atomic E-state index is 13.1. The molecule has 0 saturated heterocycles. The van der Waals surface area contributed by atoms with E-state index in [0.717, 1.165) is 19.3 Å². The molecule has 1 N–H and O–H groups in total. The maximum absolute atomic E-state index is 13.1. The summed E-state index contributed by atoms with van der Waals surface area (Å²) in [5.74, 6) is 1.21. The van der Waals surface area contributed by atoms with Crippen molar-refractivity contribution in [2.45, 2.75) is 74.0 Å². The highest BCUT2D eigenvalue weighted by Crippen LogP contribution is 2.32. The third-order valence-electron chi connectivity index (χ3n) is 7.06. The lowest BCUT2D eigenvalue weighted by atomic mass is 10.1. The van der Waals surface area contributed by atoms with Crippen molar-refractivity contribution in [3.05, 3.63) is 36.4 Å². The van der Waals surface area contributed by atoms with E-state index in [1.165, 1.54) is 38.5 Å². The van der Waals surface area contributed by atoms with Gasteiger partial charge in [0.1, 0.15) is 0 Å². The van der Waals surface area contributed by atoms with Crippen molar-refractivity contribution in [2.75, 3.05) is 12.3 Å². The van der Waals surface area contributed by atoms with E-state index < -0.39 is 19.9 Å². The van der Waals surface area contributed by atoms with Gasteiger partial charge in [-0.25, -0.2) is 21.6 Å². The fraction of sp³-hybridized carbons (Fsp3) is 0.583. The molecular weight excluding hydrogens is 430 g/mol. The number of benzene rings is 2. The van der Waals surface area contributed by atoms with Gasteiger partial charge in [0.2, 0.25) is 10.0 Å². The first-order chi connectivity index (χ1) is 14.9. The maximum Gasteiger partial charge on any atom is 0.241 e. The Hall–Kier alpha value is -1.44. The predicted octanol–water partition coefficient (Wildman–Crippen LogP) is 5.05. The summed E-state index contributed by atoms with van der Waals surface area (Å²) in [7, 11) is -7.19. The number of hydrogen-bond donors (Lipinski definition) is 1. The number of sulfone groups is 1. The number of sulfonamides is 1. The second-order valence-corrected chi connectivity index (χ2v) is 13.0. The number of hydrogen-bond acceptors (Lipinski definition) is 4. The van der Waals surface area contributed by atoms with E-state index in [-0.39, 0.29) is 15.5 Å². The van der Waals surface area contributed by atoms with E-state index in [9.17, 15) is 16.8 Å². The van der Waals surface area contributed by atoms with E-state index in [1.54, 1.807) is 36.4 Å². The summed E-state index contributed by atoms with van der Waals surface area (Å²) < 4.78 is 55.0. The predicted molar refractivity (Wildman–Crippen MR) is 124 cm³/mol. The van der Waals surface area contributed by atoms with Crippen molar-refractivity contribution in [1.82, 2.24) is 4.72 Å². The van der Waals surface area contributed by atoms with Crippen LogP contribution in [0.3, 0.4) is 0 Å². The van der Waals surface area contributed by atoms with E-state index in [0.29, 0.717) is 35.6 Å². The van der Waals surface area contributed by atoms with Gasteiger partial charge >= 0.3 is 0 Å². The summed E-state index contributed by atoms with van der Waals surface area (Å²) in [5.41, 5.74) is 0. The normalized spacial score (nSPS) is 18.8. The molecule has 5 nitrogen and oxygen atoms in total. The minimum absolute atomic E-state index is 0.118. The molecule has 170 valence electrons. The second-order valence-electron chi connectivity index (χ2n) is 9.20. The van der Waals surface area contributed by atoms with Crippen LogP contribution in [0.1, 0.15) is 64.2 Å². The van der Waals surface area contributed by atoms with Crippen LogP contribution in [-0.4, -0.2) is 29.1 Å². The SMILES string of the molecule is O=S(=O)(CCC1CCCC1)c1cccc2c(S(=O)(=O)NCCC3CCCC3)cccc12. The second kappa shape index (κ2) is 9.59. The van der Waals surface area contributed by atoms with Crippen molar-refractivity contribution in [3.63, 3.8) is 0 Å². The summed E-state index contributed by atoms with van der Waals surface area (Å²) in [6.07, 6.45) is 11.0. The first kappa shape index (κ1) is 22.7. The molecule has 2 aliphatic rings. The summed E-state index contributed by atoms with van der Waals surface area (Å²) in [6, 6.07) is 9.89. The molecule has 2 saturated carbocycles. The third kappa shape index (κ3) is 5.32. The van der Waals surface area contributed by atoms with Gasteiger partial charge in [-0.2, -0.15) is 0 Å². The Bertz CT molecular complexity index is 1110. The van der Waals surface area contributed by atoms with Gasteiger partial charge in [-0.15, -0.1) is 0 Å². The summed E-state index contributed by atoms with van der Waals surface area (Å²) in [6.45, 7) is 0.419. The molecule has 2 aromatic carbocycles. The van der Waals surface area contributed by atoms with Gasteiger partial charge < -0.3 is 0 Å². The average Bonchev–Trinajstić information content (AvgIpc) is 3.45. The van der Waals surface area contributed by atoms with Crippen LogP contribution in [0.2, 0.25) is 0 Å². The fourth-order valence-electron chi connectivity index (χ4n) is 5.26. The smallest absolute Gasteiger partial charge is 0.224 e. The molecule has 0 atom stereocenters. The van der Waals surface area contributed by atoms with Crippen LogP contribution in [0.4, 0.5) is 0 Å². The van der Waals surface area contributed by atoms with Crippen molar-refractivity contribution >= 4 is 30.6 Å². The summed E-state index contributed by atoms with van der Waals surface area (Å²) >= 11 is 0. The van der Waals surface area contributed by atoms with Crippen molar-refractivity contribution < 1.29 is 16.8 Å². The van der Waals surface area contributed by atoms with Gasteiger partial charge in [0, 0.05) is 17.3 Å². The van der Waals surface area contributed by atoms with E-state index >= 15 is 0 Å². The van der Waals surface area contributed by atoms with E-state index in [1.807, 2.05) is 0 Å². The number of rotatable bonds is 9. The Morgan fingerprint density at radius 2 is 1.23 bits per heavy atom. The molecule has 0 unspecified atom stereocenters. The lowest BCUT2D eigenvalue weighted by Gasteiger charge is -2.14. The molecule has 2 fully saturated rings. The molecule has 0 amide bonds. The lowest BCUT2D eigenvalue weighted by molar-refractivity contribution is 0.496. The van der Waals surface area contributed by atoms with Crippen molar-refractivity contribution in [1.29, 1.82) is 0 Å². The van der Waals surface area contributed by atoms with Gasteiger partial charge in [-0.05, 0) is 36.8 Å². The van der Waals surface area contributed by atoms with Gasteiger partial charge in [-0.3, -0.25) is 0 Å². The molecule has 0 radical (unpaired) electrons. The zero-order valence-electron chi connectivity index (χ0n) is 18.1. The Morgan fingerprint density at radius 1 is 0.710 bits per heavy atom. The zero-order chi connectivity index (χ0) is 21.9. The minimum atomic E-state index is -3.71. The molecule has 0 aromatic heterocycles. The summed E-state index contributed by atoms with van der Waals surface area (Å²) in [5, 5.41) is 0.963. The molecule has 0 aliphatic heterocycles. The lowest BCUT2D eigenvalue weighted by Crippen LogP contribution is -2.26. The highest BCUT2D eigenvalue weighted by molar-refractivity contribution is 7.91. The third-order valence-corrected chi connectivity index (χ3v) is 10.4. The Labute approximate surface area is 186 Å². The van der Waals surface area contributed by atoms with Crippen LogP contribution in [0.5, 0.6) is 0 Å². The van der Waals surface area contributed by atoms with E-state index in [2.05, 4.69) is 4.72 Å². The number of fused-ring (bicyclic) bond motifs is 1. The largest absolute Gasteiger partial charge is 0.241 e. The molecule has 0 bridgehead atoms. The van der Waals surface area contributed by atoms with Crippen LogP contribution in [-0.2, 0) is 19.9 Å².